The van der Waals surface area contributed by atoms with Gasteiger partial charge >= 0.3 is 5.97 Å². The average Bonchev–Trinajstić information content (AvgIpc) is 2.53. The van der Waals surface area contributed by atoms with Gasteiger partial charge in [-0.1, -0.05) is 23.9 Å². The van der Waals surface area contributed by atoms with E-state index >= 15 is 0 Å². The van der Waals surface area contributed by atoms with Gasteiger partial charge in [-0.2, -0.15) is 0 Å². The molecule has 2 aliphatic rings. The molecule has 3 rings (SSSR count). The van der Waals surface area contributed by atoms with Crippen LogP contribution in [0.1, 0.15) is 24.9 Å². The van der Waals surface area contributed by atoms with E-state index in [4.69, 9.17) is 4.74 Å². The molecule has 0 aromatic heterocycles. The lowest BCUT2D eigenvalue weighted by Gasteiger charge is -2.38. The molecule has 1 aromatic carbocycles. The second kappa shape index (κ2) is 6.16. The van der Waals surface area contributed by atoms with Gasteiger partial charge in [-0.25, -0.2) is 14.2 Å². The van der Waals surface area contributed by atoms with Crippen LogP contribution in [0.2, 0.25) is 0 Å². The van der Waals surface area contributed by atoms with Crippen LogP contribution in [-0.2, 0) is 14.3 Å². The Morgan fingerprint density at radius 3 is 2.96 bits per heavy atom. The van der Waals surface area contributed by atoms with Gasteiger partial charge < -0.3 is 4.74 Å². The second-order valence-corrected chi connectivity index (χ2v) is 6.27. The summed E-state index contributed by atoms with van der Waals surface area (Å²) < 4.78 is 18.5. The van der Waals surface area contributed by atoms with Crippen LogP contribution >= 0.6 is 11.8 Å². The number of rotatable bonds is 2. The Hall–Kier alpha value is -2.15. The highest BCUT2D eigenvalue weighted by Gasteiger charge is 2.41. The van der Waals surface area contributed by atoms with Crippen molar-refractivity contribution in [2.45, 2.75) is 19.4 Å². The molecule has 0 saturated carbocycles. The summed E-state index contributed by atoms with van der Waals surface area (Å²) in [5.41, 5.74) is 1.27. The molecule has 0 bridgehead atoms. The highest BCUT2D eigenvalue weighted by Crippen LogP contribution is 2.40. The zero-order valence-corrected chi connectivity index (χ0v) is 13.5. The van der Waals surface area contributed by atoms with Gasteiger partial charge in [-0.05, 0) is 24.6 Å². The Morgan fingerprint density at radius 2 is 2.26 bits per heavy atom. The average molecular weight is 334 g/mol. The normalized spacial score (nSPS) is 21.0. The Bertz CT molecular complexity index is 745. The first-order valence-corrected chi connectivity index (χ1v) is 8.09. The number of hydrogen-bond acceptors (Lipinski definition) is 5. The molecule has 5 nitrogen and oxygen atoms in total. The minimum Gasteiger partial charge on any atom is -0.466 e. The number of carbonyl (C=O) groups is 2. The van der Waals surface area contributed by atoms with Crippen molar-refractivity contribution in [3.63, 3.8) is 0 Å². The second-order valence-electron chi connectivity index (χ2n) is 5.20. The van der Waals surface area contributed by atoms with E-state index in [9.17, 15) is 14.0 Å². The Morgan fingerprint density at radius 1 is 1.48 bits per heavy atom. The first-order chi connectivity index (χ1) is 11.0. The molecule has 7 heteroatoms. The van der Waals surface area contributed by atoms with Crippen LogP contribution in [0.25, 0.3) is 0 Å². The molecule has 1 unspecified atom stereocenters. The predicted molar refractivity (Wildman–Crippen MR) is 85.2 cm³/mol. The van der Waals surface area contributed by atoms with Crippen molar-refractivity contribution in [3.8, 4) is 0 Å². The molecule has 1 atom stereocenters. The summed E-state index contributed by atoms with van der Waals surface area (Å²) >= 11 is 1.45. The van der Waals surface area contributed by atoms with Gasteiger partial charge in [-0.15, -0.1) is 0 Å². The Balaban J connectivity index is 2.19. The highest BCUT2D eigenvalue weighted by molar-refractivity contribution is 8.14. The van der Waals surface area contributed by atoms with E-state index in [1.165, 1.54) is 35.9 Å². The third-order valence-corrected chi connectivity index (χ3v) is 4.73. The number of halogens is 1. The summed E-state index contributed by atoms with van der Waals surface area (Å²) in [6.07, 6.45) is 0.350. The molecule has 0 aliphatic carbocycles. The fourth-order valence-electron chi connectivity index (χ4n) is 2.76. The Labute approximate surface area is 137 Å². The molecule has 23 heavy (non-hydrogen) atoms. The van der Waals surface area contributed by atoms with Crippen LogP contribution in [0.15, 0.2) is 40.5 Å². The molecule has 120 valence electrons. The molecule has 1 amide bonds. The third kappa shape index (κ3) is 2.76. The number of allylic oxidation sites excluding steroid dienone is 1. The van der Waals surface area contributed by atoms with E-state index in [1.54, 1.807) is 19.1 Å². The van der Waals surface area contributed by atoms with Crippen molar-refractivity contribution >= 4 is 28.8 Å². The zero-order valence-electron chi connectivity index (χ0n) is 12.7. The van der Waals surface area contributed by atoms with E-state index in [1.807, 2.05) is 0 Å². The number of carbonyl (C=O) groups excluding carboxylic acids is 2. The first-order valence-electron chi connectivity index (χ1n) is 7.11. The lowest BCUT2D eigenvalue weighted by Crippen LogP contribution is -2.45. The largest absolute Gasteiger partial charge is 0.466 e. The SMILES string of the molecule is COC(=O)C1=C(C)N=C2SCCC(=O)N2C1c1cccc(F)c1. The minimum atomic E-state index is -0.717. The first kappa shape index (κ1) is 15.7. The van der Waals surface area contributed by atoms with E-state index in [2.05, 4.69) is 4.99 Å². The van der Waals surface area contributed by atoms with Crippen molar-refractivity contribution in [2.24, 2.45) is 4.99 Å². The Kier molecular flexibility index (Phi) is 4.21. The standard InChI is InChI=1S/C16H15FN2O3S/c1-9-13(15(21)22-2)14(10-4-3-5-11(17)8-10)19-12(20)6-7-23-16(19)18-9/h3-5,8,14H,6-7H2,1-2H3. The number of benzene rings is 1. The van der Waals surface area contributed by atoms with Crippen molar-refractivity contribution in [2.75, 3.05) is 12.9 Å². The zero-order chi connectivity index (χ0) is 16.6. The quantitative estimate of drug-likeness (QED) is 0.780. The number of amidine groups is 1. The van der Waals surface area contributed by atoms with Gasteiger partial charge in [0.05, 0.1) is 24.4 Å². The molecular formula is C16H15FN2O3S. The number of amides is 1. The summed E-state index contributed by atoms with van der Waals surface area (Å²) in [7, 11) is 1.28. The van der Waals surface area contributed by atoms with E-state index in [0.717, 1.165) is 0 Å². The van der Waals surface area contributed by atoms with Crippen LogP contribution in [0.3, 0.4) is 0 Å². The van der Waals surface area contributed by atoms with Crippen LogP contribution in [0.4, 0.5) is 4.39 Å². The fraction of sp³-hybridized carbons (Fsp3) is 0.312. The van der Waals surface area contributed by atoms with Crippen LogP contribution < -0.4 is 0 Å². The number of methoxy groups -OCH3 is 1. The molecule has 0 radical (unpaired) electrons. The smallest absolute Gasteiger partial charge is 0.338 e. The van der Waals surface area contributed by atoms with Gasteiger partial charge in [0.15, 0.2) is 5.17 Å². The number of ether oxygens (including phenoxy) is 1. The molecule has 2 aliphatic heterocycles. The summed E-state index contributed by atoms with van der Waals surface area (Å²) in [4.78, 5) is 30.5. The molecular weight excluding hydrogens is 319 g/mol. The fourth-order valence-corrected chi connectivity index (χ4v) is 3.77. The minimum absolute atomic E-state index is 0.134. The topological polar surface area (TPSA) is 59.0 Å². The molecule has 0 spiro atoms. The van der Waals surface area contributed by atoms with Crippen molar-refractivity contribution < 1.29 is 18.7 Å². The number of aliphatic imine (C=N–C) groups is 1. The number of fused-ring (bicyclic) bond motifs is 1. The molecule has 1 aromatic rings. The number of thioether (sulfide) groups is 1. The summed E-state index contributed by atoms with van der Waals surface area (Å²) in [5, 5.41) is 0.542. The van der Waals surface area contributed by atoms with Crippen molar-refractivity contribution in [1.82, 2.24) is 4.90 Å². The van der Waals surface area contributed by atoms with Crippen molar-refractivity contribution in [1.29, 1.82) is 0 Å². The maximum absolute atomic E-state index is 13.7. The monoisotopic (exact) mass is 334 g/mol. The van der Waals surface area contributed by atoms with E-state index < -0.39 is 17.8 Å². The summed E-state index contributed by atoms with van der Waals surface area (Å²) in [6.45, 7) is 1.70. The van der Waals surface area contributed by atoms with Crippen molar-refractivity contribution in [3.05, 3.63) is 46.9 Å². The summed E-state index contributed by atoms with van der Waals surface area (Å²) in [6, 6.07) is 5.19. The molecule has 1 saturated heterocycles. The predicted octanol–water partition coefficient (Wildman–Crippen LogP) is 2.65. The maximum atomic E-state index is 13.7. The number of nitrogens with zero attached hydrogens (tertiary/aromatic N) is 2. The summed E-state index contributed by atoms with van der Waals surface area (Å²) in [5.74, 6) is -0.482. The van der Waals surface area contributed by atoms with E-state index in [0.29, 0.717) is 28.6 Å². The van der Waals surface area contributed by atoms with Crippen LogP contribution in [0.5, 0.6) is 0 Å². The van der Waals surface area contributed by atoms with Crippen LogP contribution in [-0.4, -0.2) is 34.8 Å². The molecule has 1 fully saturated rings. The van der Waals surface area contributed by atoms with Gasteiger partial charge in [0.1, 0.15) is 5.82 Å². The molecule has 2 heterocycles. The van der Waals surface area contributed by atoms with Gasteiger partial charge in [0.2, 0.25) is 5.91 Å². The van der Waals surface area contributed by atoms with Gasteiger partial charge in [0, 0.05) is 12.2 Å². The third-order valence-electron chi connectivity index (χ3n) is 3.78. The lowest BCUT2D eigenvalue weighted by atomic mass is 9.94. The van der Waals surface area contributed by atoms with Crippen LogP contribution in [0, 0.1) is 5.82 Å². The highest BCUT2D eigenvalue weighted by atomic mass is 32.2. The molecule has 0 N–H and O–H groups in total. The lowest BCUT2D eigenvalue weighted by molar-refractivity contribution is -0.137. The van der Waals surface area contributed by atoms with Gasteiger partial charge in [-0.3, -0.25) is 9.69 Å². The maximum Gasteiger partial charge on any atom is 0.338 e. The van der Waals surface area contributed by atoms with Gasteiger partial charge in [0.25, 0.3) is 0 Å². The number of hydrogen-bond donors (Lipinski definition) is 0. The van der Waals surface area contributed by atoms with E-state index in [-0.39, 0.29) is 11.5 Å². The number of esters is 1.